The van der Waals surface area contributed by atoms with Gasteiger partial charge in [-0.05, 0) is 124 Å². The lowest BCUT2D eigenvalue weighted by Crippen LogP contribution is -2.13. The molecule has 0 heterocycles. The maximum Gasteiger partial charge on any atom is 0.186 e. The third-order valence-corrected chi connectivity index (χ3v) is 9.16. The van der Waals surface area contributed by atoms with Crippen LogP contribution >= 0.6 is 0 Å². The quantitative estimate of drug-likeness (QED) is 0.116. The number of fused-ring (bicyclic) bond motifs is 2. The first-order chi connectivity index (χ1) is 23.9. The van der Waals surface area contributed by atoms with Crippen LogP contribution in [-0.2, 0) is 11.3 Å². The number of aryl methyl sites for hydroxylation is 3. The van der Waals surface area contributed by atoms with E-state index in [1.807, 2.05) is 42.5 Å². The number of allylic oxidation sites excluding steroid dienone is 1. The van der Waals surface area contributed by atoms with Gasteiger partial charge in [0.15, 0.2) is 5.78 Å². The lowest BCUT2D eigenvalue weighted by Gasteiger charge is -2.29. The Morgan fingerprint density at radius 2 is 1.20 bits per heavy atom. The number of rotatable bonds is 9. The molecule has 49 heavy (non-hydrogen) atoms. The molecular formula is C46H39NO2. The molecule has 0 aliphatic rings. The van der Waals surface area contributed by atoms with Crippen molar-refractivity contribution in [1.29, 1.82) is 0 Å². The van der Waals surface area contributed by atoms with Gasteiger partial charge in [0.25, 0.3) is 0 Å². The Morgan fingerprint density at radius 1 is 0.612 bits per heavy atom. The van der Waals surface area contributed by atoms with Crippen molar-refractivity contribution in [3.8, 4) is 11.1 Å². The number of nitrogens with zero attached hydrogens (tertiary/aromatic N) is 1. The van der Waals surface area contributed by atoms with Gasteiger partial charge in [-0.3, -0.25) is 4.79 Å². The van der Waals surface area contributed by atoms with E-state index in [0.29, 0.717) is 12.2 Å². The molecule has 7 aromatic carbocycles. The minimum atomic E-state index is -0.0361. The van der Waals surface area contributed by atoms with Crippen molar-refractivity contribution in [2.24, 2.45) is 0 Å². The van der Waals surface area contributed by atoms with Gasteiger partial charge in [0, 0.05) is 24.0 Å². The number of methoxy groups -OCH3 is 1. The Bertz CT molecular complexity index is 2310. The number of anilines is 3. The first-order valence-corrected chi connectivity index (χ1v) is 16.7. The van der Waals surface area contributed by atoms with Gasteiger partial charge in [-0.25, -0.2) is 0 Å². The molecule has 0 radical (unpaired) electrons. The minimum absolute atomic E-state index is 0.0361. The zero-order valence-corrected chi connectivity index (χ0v) is 28.4. The van der Waals surface area contributed by atoms with E-state index in [1.165, 1.54) is 33.5 Å². The van der Waals surface area contributed by atoms with Crippen LogP contribution in [0, 0.1) is 20.8 Å². The zero-order valence-electron chi connectivity index (χ0n) is 28.4. The average molecular weight is 638 g/mol. The molecule has 0 amide bonds. The summed E-state index contributed by atoms with van der Waals surface area (Å²) in [4.78, 5) is 15.8. The van der Waals surface area contributed by atoms with Crippen molar-refractivity contribution < 1.29 is 9.53 Å². The van der Waals surface area contributed by atoms with Gasteiger partial charge in [-0.1, -0.05) is 109 Å². The zero-order chi connectivity index (χ0) is 33.9. The summed E-state index contributed by atoms with van der Waals surface area (Å²) in [5, 5.41) is 4.38. The third kappa shape index (κ3) is 6.67. The molecule has 0 aliphatic carbocycles. The molecule has 0 aromatic heterocycles. The molecule has 0 N–H and O–H groups in total. The van der Waals surface area contributed by atoms with Crippen LogP contribution < -0.4 is 4.90 Å². The van der Waals surface area contributed by atoms with Crippen LogP contribution in [0.15, 0.2) is 146 Å². The highest BCUT2D eigenvalue weighted by molar-refractivity contribution is 6.10. The van der Waals surface area contributed by atoms with Gasteiger partial charge in [0.2, 0.25) is 0 Å². The maximum atomic E-state index is 13.4. The van der Waals surface area contributed by atoms with Crippen LogP contribution in [0.3, 0.4) is 0 Å². The van der Waals surface area contributed by atoms with Crippen molar-refractivity contribution in [2.45, 2.75) is 27.4 Å². The summed E-state index contributed by atoms with van der Waals surface area (Å²) in [6, 6.07) is 48.9. The number of ether oxygens (including phenoxy) is 1. The molecule has 0 unspecified atom stereocenters. The topological polar surface area (TPSA) is 29.5 Å². The van der Waals surface area contributed by atoms with E-state index in [9.17, 15) is 4.79 Å². The molecule has 0 bridgehead atoms. The predicted molar refractivity (Wildman–Crippen MR) is 206 cm³/mol. The fraction of sp³-hybridized carbons (Fsp3) is 0.109. The van der Waals surface area contributed by atoms with Crippen LogP contribution in [0.5, 0.6) is 0 Å². The van der Waals surface area contributed by atoms with Crippen molar-refractivity contribution in [2.75, 3.05) is 12.0 Å². The number of hydrogen-bond donors (Lipinski definition) is 0. The number of ketones is 1. The molecule has 0 aliphatic heterocycles. The van der Waals surface area contributed by atoms with Crippen molar-refractivity contribution in [3.05, 3.63) is 179 Å². The Hall–Kier alpha value is -5.77. The molecule has 7 aromatic rings. The van der Waals surface area contributed by atoms with E-state index in [4.69, 9.17) is 4.74 Å². The van der Waals surface area contributed by atoms with E-state index in [0.717, 1.165) is 44.0 Å². The summed E-state index contributed by atoms with van der Waals surface area (Å²) in [6.45, 7) is 6.92. The molecule has 7 rings (SSSR count). The molecule has 240 valence electrons. The van der Waals surface area contributed by atoms with Gasteiger partial charge in [0.1, 0.15) is 0 Å². The minimum Gasteiger partial charge on any atom is -0.380 e. The van der Waals surface area contributed by atoms with Crippen LogP contribution in [0.4, 0.5) is 17.1 Å². The highest BCUT2D eigenvalue weighted by Crippen LogP contribution is 2.41. The number of hydrogen-bond acceptors (Lipinski definition) is 3. The molecular weight excluding hydrogens is 599 g/mol. The predicted octanol–water partition coefficient (Wildman–Crippen LogP) is 12.1. The summed E-state index contributed by atoms with van der Waals surface area (Å²) in [5.41, 5.74) is 12.0. The fourth-order valence-corrected chi connectivity index (χ4v) is 6.91. The largest absolute Gasteiger partial charge is 0.380 e. The van der Waals surface area contributed by atoms with Crippen molar-refractivity contribution in [3.63, 3.8) is 0 Å². The summed E-state index contributed by atoms with van der Waals surface area (Å²) >= 11 is 0. The highest BCUT2D eigenvalue weighted by Gasteiger charge is 2.18. The summed E-state index contributed by atoms with van der Waals surface area (Å²) in [5.74, 6) is -0.0361. The van der Waals surface area contributed by atoms with Gasteiger partial charge in [-0.15, -0.1) is 0 Å². The monoisotopic (exact) mass is 637 g/mol. The SMILES string of the molecule is COCc1cc2ccccc2cc1C(=O)C=Cc1ccc2cc(N(c3ccc(-c4ccccc4)cc3)c3c(C)cc(C)cc3C)ccc2c1. The average Bonchev–Trinajstić information content (AvgIpc) is 3.12. The molecule has 3 nitrogen and oxygen atoms in total. The van der Waals surface area contributed by atoms with Crippen LogP contribution in [0.25, 0.3) is 38.7 Å². The van der Waals surface area contributed by atoms with Crippen molar-refractivity contribution >= 4 is 50.5 Å². The third-order valence-electron chi connectivity index (χ3n) is 9.16. The van der Waals surface area contributed by atoms with Gasteiger partial charge < -0.3 is 9.64 Å². The number of benzene rings is 7. The second-order valence-corrected chi connectivity index (χ2v) is 12.8. The van der Waals surface area contributed by atoms with E-state index < -0.39 is 0 Å². The van der Waals surface area contributed by atoms with E-state index in [1.54, 1.807) is 13.2 Å². The van der Waals surface area contributed by atoms with Gasteiger partial charge in [-0.2, -0.15) is 0 Å². The van der Waals surface area contributed by atoms with Crippen molar-refractivity contribution in [1.82, 2.24) is 0 Å². The lowest BCUT2D eigenvalue weighted by molar-refractivity contribution is 0.104. The Labute approximate surface area is 288 Å². The fourth-order valence-electron chi connectivity index (χ4n) is 6.91. The second kappa shape index (κ2) is 13.8. The maximum absolute atomic E-state index is 13.4. The molecule has 0 saturated heterocycles. The summed E-state index contributed by atoms with van der Waals surface area (Å²) in [6.07, 6.45) is 3.57. The highest BCUT2D eigenvalue weighted by atomic mass is 16.5. The summed E-state index contributed by atoms with van der Waals surface area (Å²) in [7, 11) is 1.66. The number of carbonyl (C=O) groups is 1. The van der Waals surface area contributed by atoms with E-state index >= 15 is 0 Å². The Kier molecular flexibility index (Phi) is 8.93. The molecule has 0 saturated carbocycles. The molecule has 0 fully saturated rings. The van der Waals surface area contributed by atoms with Crippen LogP contribution in [-0.4, -0.2) is 12.9 Å². The number of carbonyl (C=O) groups excluding carboxylic acids is 1. The van der Waals surface area contributed by atoms with E-state index in [-0.39, 0.29) is 5.78 Å². The molecule has 3 heteroatoms. The van der Waals surface area contributed by atoms with E-state index in [2.05, 4.69) is 129 Å². The van der Waals surface area contributed by atoms with Gasteiger partial charge >= 0.3 is 0 Å². The van der Waals surface area contributed by atoms with Crippen LogP contribution in [0.1, 0.15) is 38.2 Å². The Balaban J connectivity index is 1.22. The standard InChI is InChI=1S/C46H39NO2/c1-31-24-32(2)46(33(3)25-31)47(42-20-17-36(18-21-42)35-10-6-5-7-11-35)43-22-19-39-26-34(14-16-40(39)28-43)15-23-45(48)44-29-38-13-9-8-12-37(38)27-41(44)30-49-4/h5-29H,30H2,1-4H3. The Morgan fingerprint density at radius 3 is 1.92 bits per heavy atom. The second-order valence-electron chi connectivity index (χ2n) is 12.8. The molecule has 0 atom stereocenters. The van der Waals surface area contributed by atoms with Crippen LogP contribution in [0.2, 0.25) is 0 Å². The smallest absolute Gasteiger partial charge is 0.186 e. The first-order valence-electron chi connectivity index (χ1n) is 16.7. The normalized spacial score (nSPS) is 11.4. The van der Waals surface area contributed by atoms with Gasteiger partial charge in [0.05, 0.1) is 12.3 Å². The lowest BCUT2D eigenvalue weighted by atomic mass is 9.97. The summed E-state index contributed by atoms with van der Waals surface area (Å²) < 4.78 is 5.42. The molecule has 0 spiro atoms. The first kappa shape index (κ1) is 31.8.